The van der Waals surface area contributed by atoms with Crippen molar-refractivity contribution in [1.82, 2.24) is 20.4 Å². The zero-order valence-electron chi connectivity index (χ0n) is 13.6. The van der Waals surface area contributed by atoms with Gasteiger partial charge in [-0.1, -0.05) is 26.2 Å². The van der Waals surface area contributed by atoms with Crippen molar-refractivity contribution in [2.45, 2.75) is 51.0 Å². The van der Waals surface area contributed by atoms with E-state index in [9.17, 15) is 4.79 Å². The molecule has 0 aromatic carbocycles. The molecule has 0 bridgehead atoms. The third kappa shape index (κ3) is 3.05. The van der Waals surface area contributed by atoms with Crippen molar-refractivity contribution in [3.63, 3.8) is 0 Å². The molecular formula is C17H28N4O. The fraction of sp³-hybridized carbons (Fsp3) is 0.765. The molecule has 22 heavy (non-hydrogen) atoms. The lowest BCUT2D eigenvalue weighted by Crippen LogP contribution is -2.55. The van der Waals surface area contributed by atoms with E-state index in [1.165, 1.54) is 25.7 Å². The molecule has 0 radical (unpaired) electrons. The number of nitrogens with zero attached hydrogens (tertiary/aromatic N) is 2. The van der Waals surface area contributed by atoms with Gasteiger partial charge in [-0.15, -0.1) is 0 Å². The van der Waals surface area contributed by atoms with Crippen molar-refractivity contribution in [2.24, 2.45) is 11.8 Å². The van der Waals surface area contributed by atoms with Gasteiger partial charge in [0, 0.05) is 18.9 Å². The molecule has 1 saturated carbocycles. The maximum absolute atomic E-state index is 13.0. The summed E-state index contributed by atoms with van der Waals surface area (Å²) in [5, 5.41) is 11.0. The van der Waals surface area contributed by atoms with Gasteiger partial charge in [-0.05, 0) is 50.3 Å². The number of carbonyl (C=O) groups is 1. The molecule has 2 N–H and O–H groups in total. The molecule has 1 aliphatic carbocycles. The minimum atomic E-state index is -0.507. The molecule has 0 spiro atoms. The second-order valence-electron chi connectivity index (χ2n) is 6.96. The van der Waals surface area contributed by atoms with Crippen LogP contribution < -0.4 is 10.6 Å². The molecule has 5 nitrogen and oxygen atoms in total. The average molecular weight is 304 g/mol. The lowest BCUT2D eigenvalue weighted by atomic mass is 9.80. The Morgan fingerprint density at radius 1 is 1.36 bits per heavy atom. The maximum atomic E-state index is 13.0. The molecule has 2 unspecified atom stereocenters. The minimum absolute atomic E-state index is 0.149. The normalized spacial score (nSPS) is 28.2. The van der Waals surface area contributed by atoms with Gasteiger partial charge in [0.25, 0.3) is 0 Å². The molecule has 1 saturated heterocycles. The summed E-state index contributed by atoms with van der Waals surface area (Å²) in [4.78, 5) is 13.0. The highest BCUT2D eigenvalue weighted by atomic mass is 16.2. The van der Waals surface area contributed by atoms with Gasteiger partial charge in [0.15, 0.2) is 0 Å². The van der Waals surface area contributed by atoms with Gasteiger partial charge in [-0.3, -0.25) is 9.48 Å². The third-order valence-electron chi connectivity index (χ3n) is 5.61. The van der Waals surface area contributed by atoms with Crippen molar-refractivity contribution < 1.29 is 4.79 Å². The number of hydrogen-bond acceptors (Lipinski definition) is 3. The van der Waals surface area contributed by atoms with Crippen LogP contribution in [0.4, 0.5) is 0 Å². The number of aromatic nitrogens is 2. The lowest BCUT2D eigenvalue weighted by Gasteiger charge is -2.37. The largest absolute Gasteiger partial charge is 0.354 e. The highest BCUT2D eigenvalue weighted by Crippen LogP contribution is 2.30. The van der Waals surface area contributed by atoms with E-state index in [1.54, 1.807) is 6.20 Å². The summed E-state index contributed by atoms with van der Waals surface area (Å²) in [6, 6.07) is 1.90. The summed E-state index contributed by atoms with van der Waals surface area (Å²) < 4.78 is 1.87. The fourth-order valence-corrected chi connectivity index (χ4v) is 4.01. The number of nitrogens with one attached hydrogen (secondary N) is 2. The summed E-state index contributed by atoms with van der Waals surface area (Å²) in [6.07, 6.45) is 10.5. The second-order valence-corrected chi connectivity index (χ2v) is 6.96. The van der Waals surface area contributed by atoms with Crippen molar-refractivity contribution in [3.05, 3.63) is 18.5 Å². The Kier molecular flexibility index (Phi) is 4.81. The van der Waals surface area contributed by atoms with Gasteiger partial charge >= 0.3 is 0 Å². The van der Waals surface area contributed by atoms with E-state index >= 15 is 0 Å². The fourth-order valence-electron chi connectivity index (χ4n) is 4.01. The van der Waals surface area contributed by atoms with Crippen molar-refractivity contribution >= 4 is 5.91 Å². The molecule has 1 aromatic heterocycles. The van der Waals surface area contributed by atoms with Gasteiger partial charge in [0.05, 0.1) is 0 Å². The van der Waals surface area contributed by atoms with Crippen LogP contribution >= 0.6 is 0 Å². The monoisotopic (exact) mass is 304 g/mol. The zero-order valence-corrected chi connectivity index (χ0v) is 13.6. The molecule has 1 aliphatic heterocycles. The molecule has 3 rings (SSSR count). The Balaban J connectivity index is 1.67. The van der Waals surface area contributed by atoms with Crippen molar-refractivity contribution in [2.75, 3.05) is 19.6 Å². The Morgan fingerprint density at radius 2 is 2.14 bits per heavy atom. The first-order chi connectivity index (χ1) is 10.7. The summed E-state index contributed by atoms with van der Waals surface area (Å²) in [5.41, 5.74) is -0.507. The number of carbonyl (C=O) groups excluding carboxylic acids is 1. The number of hydrogen-bond donors (Lipinski definition) is 2. The van der Waals surface area contributed by atoms with E-state index in [1.807, 2.05) is 16.9 Å². The van der Waals surface area contributed by atoms with Crippen LogP contribution in [-0.4, -0.2) is 35.3 Å². The molecule has 2 atom stereocenters. The Labute approximate surface area is 132 Å². The van der Waals surface area contributed by atoms with Crippen LogP contribution in [0.2, 0.25) is 0 Å². The SMILES string of the molecule is CC1CCCCC1CNC(=O)C1(n2cccn2)CCNCC1. The summed E-state index contributed by atoms with van der Waals surface area (Å²) in [5.74, 6) is 1.51. The standard InChI is InChI=1S/C17H28N4O/c1-14-5-2-3-6-15(14)13-19-16(22)17(7-10-18-11-8-17)21-12-4-9-20-21/h4,9,12,14-15,18H,2-3,5-8,10-11,13H2,1H3,(H,19,22). The van der Waals surface area contributed by atoms with E-state index < -0.39 is 5.54 Å². The summed E-state index contributed by atoms with van der Waals surface area (Å²) >= 11 is 0. The first-order valence-electron chi connectivity index (χ1n) is 8.71. The van der Waals surface area contributed by atoms with Gasteiger partial charge < -0.3 is 10.6 Å². The van der Waals surface area contributed by atoms with Crippen molar-refractivity contribution in [3.8, 4) is 0 Å². The van der Waals surface area contributed by atoms with E-state index in [2.05, 4.69) is 22.7 Å². The highest BCUT2D eigenvalue weighted by Gasteiger charge is 2.42. The van der Waals surface area contributed by atoms with Crippen LogP contribution in [0.15, 0.2) is 18.5 Å². The van der Waals surface area contributed by atoms with Crippen LogP contribution in [0, 0.1) is 11.8 Å². The molecule has 2 fully saturated rings. The van der Waals surface area contributed by atoms with Crippen molar-refractivity contribution in [1.29, 1.82) is 0 Å². The minimum Gasteiger partial charge on any atom is -0.354 e. The highest BCUT2D eigenvalue weighted by molar-refractivity contribution is 5.84. The summed E-state index contributed by atoms with van der Waals surface area (Å²) in [6.45, 7) is 4.88. The maximum Gasteiger partial charge on any atom is 0.248 e. The number of amides is 1. The zero-order chi connectivity index (χ0) is 15.4. The van der Waals surface area contributed by atoms with Crippen LogP contribution in [-0.2, 0) is 10.3 Å². The molecule has 1 aromatic rings. The molecular weight excluding hydrogens is 276 g/mol. The summed E-state index contributed by atoms with van der Waals surface area (Å²) in [7, 11) is 0. The molecule has 2 heterocycles. The second kappa shape index (κ2) is 6.82. The Bertz CT molecular complexity index is 479. The predicted octanol–water partition coefficient (Wildman–Crippen LogP) is 1.90. The first-order valence-corrected chi connectivity index (χ1v) is 8.71. The first kappa shape index (κ1) is 15.5. The molecule has 1 amide bonds. The van der Waals surface area contributed by atoms with Crippen LogP contribution in [0.25, 0.3) is 0 Å². The molecule has 2 aliphatic rings. The van der Waals surface area contributed by atoms with E-state index in [0.29, 0.717) is 5.92 Å². The Hall–Kier alpha value is -1.36. The molecule has 122 valence electrons. The van der Waals surface area contributed by atoms with E-state index in [-0.39, 0.29) is 5.91 Å². The topological polar surface area (TPSA) is 59.0 Å². The van der Waals surface area contributed by atoms with Crippen LogP contribution in [0.3, 0.4) is 0 Å². The number of piperidine rings is 1. The van der Waals surface area contributed by atoms with Gasteiger partial charge in [0.2, 0.25) is 5.91 Å². The van der Waals surface area contributed by atoms with Crippen LogP contribution in [0.5, 0.6) is 0 Å². The third-order valence-corrected chi connectivity index (χ3v) is 5.61. The lowest BCUT2D eigenvalue weighted by molar-refractivity contribution is -0.132. The predicted molar refractivity (Wildman–Crippen MR) is 86.4 cm³/mol. The average Bonchev–Trinajstić information content (AvgIpc) is 3.09. The smallest absolute Gasteiger partial charge is 0.248 e. The van der Waals surface area contributed by atoms with Gasteiger partial charge in [-0.25, -0.2) is 0 Å². The Morgan fingerprint density at radius 3 is 2.82 bits per heavy atom. The van der Waals surface area contributed by atoms with Crippen LogP contribution in [0.1, 0.15) is 45.4 Å². The number of rotatable bonds is 4. The van der Waals surface area contributed by atoms with Gasteiger partial charge in [-0.2, -0.15) is 5.10 Å². The van der Waals surface area contributed by atoms with Gasteiger partial charge in [0.1, 0.15) is 5.54 Å². The quantitative estimate of drug-likeness (QED) is 0.893. The van der Waals surface area contributed by atoms with E-state index in [4.69, 9.17) is 0 Å². The van der Waals surface area contributed by atoms with E-state index in [0.717, 1.165) is 38.4 Å². The molecule has 5 heteroatoms.